The summed E-state index contributed by atoms with van der Waals surface area (Å²) in [5.74, 6) is -5.39. The number of carbonyl (C=O) groups is 4. The maximum atomic E-state index is 13.6. The lowest BCUT2D eigenvalue weighted by Crippen LogP contribution is -2.21. The Morgan fingerprint density at radius 1 is 0.650 bits per heavy atom. The van der Waals surface area contributed by atoms with Gasteiger partial charge in [-0.2, -0.15) is 0 Å². The number of benzene rings is 2. The van der Waals surface area contributed by atoms with Gasteiger partial charge in [0.15, 0.2) is 23.1 Å². The van der Waals surface area contributed by atoms with Crippen molar-refractivity contribution in [3.63, 3.8) is 0 Å². The first-order chi connectivity index (χ1) is 19.3. The summed E-state index contributed by atoms with van der Waals surface area (Å²) in [7, 11) is 0. The second-order valence-corrected chi connectivity index (χ2v) is 9.90. The minimum absolute atomic E-state index is 0.0130. The molecule has 0 saturated carbocycles. The van der Waals surface area contributed by atoms with Gasteiger partial charge >= 0.3 is 11.9 Å². The molecule has 0 bridgehead atoms. The minimum atomic E-state index is -1.03. The Balaban J connectivity index is 2.68. The predicted octanol–water partition coefficient (Wildman–Crippen LogP) is 7.47. The number of hydrogen-bond acceptors (Lipinski definition) is 8. The van der Waals surface area contributed by atoms with E-state index >= 15 is 0 Å². The van der Waals surface area contributed by atoms with Crippen LogP contribution in [0.1, 0.15) is 134 Å². The van der Waals surface area contributed by atoms with Crippen LogP contribution in [0.4, 0.5) is 0 Å². The molecule has 0 unspecified atom stereocenters. The Kier molecular flexibility index (Phi) is 13.9. The highest BCUT2D eigenvalue weighted by Gasteiger charge is 2.36. The van der Waals surface area contributed by atoms with Crippen LogP contribution in [-0.4, -0.2) is 33.7 Å². The van der Waals surface area contributed by atoms with Gasteiger partial charge in [0.05, 0.1) is 16.7 Å². The monoisotopic (exact) mass is 554 g/mol. The number of phenols is 2. The van der Waals surface area contributed by atoms with Crippen LogP contribution in [-0.2, 0) is 16.1 Å². The molecule has 2 N–H and O–H groups in total. The number of ether oxygens (including phenoxy) is 2. The zero-order valence-corrected chi connectivity index (χ0v) is 23.9. The molecule has 0 saturated heterocycles. The molecule has 0 aliphatic rings. The summed E-state index contributed by atoms with van der Waals surface area (Å²) in [6.07, 6.45) is 6.28. The molecule has 40 heavy (non-hydrogen) atoms. The summed E-state index contributed by atoms with van der Waals surface area (Å²) in [6.45, 7) is 5.77. The molecule has 2 aromatic carbocycles. The van der Waals surface area contributed by atoms with Crippen LogP contribution in [0.2, 0.25) is 0 Å². The number of unbranched alkanes of at least 4 members (excludes halogenated alkanes) is 6. The molecule has 218 valence electrons. The fourth-order valence-electron chi connectivity index (χ4n) is 4.34. The average molecular weight is 555 g/mol. The number of aromatic hydroxyl groups is 2. The first-order valence-electron chi connectivity index (χ1n) is 14.4. The molecule has 2 aromatic rings. The molecule has 0 aliphatic carbocycles. The van der Waals surface area contributed by atoms with E-state index in [2.05, 4.69) is 0 Å². The highest BCUT2D eigenvalue weighted by molar-refractivity contribution is 6.17. The number of rotatable bonds is 18. The van der Waals surface area contributed by atoms with Crippen LogP contribution in [0.5, 0.6) is 17.2 Å². The molecular weight excluding hydrogens is 512 g/mol. The first-order valence-corrected chi connectivity index (χ1v) is 14.4. The summed E-state index contributed by atoms with van der Waals surface area (Å²) in [5, 5.41) is 21.9. The standard InChI is InChI=1S/C32H42O8/c1-4-7-11-18-23(33)26-28(32(38)39-21-22-16-14-10-15-17-22)27(24(34)19-12-8-5-2)31(30(37)29(26)36)40-25(35)20-13-9-6-3/h10,14-17,36-37H,4-9,11-13,18-21H2,1-3H3. The van der Waals surface area contributed by atoms with Crippen molar-refractivity contribution < 1.29 is 38.9 Å². The van der Waals surface area contributed by atoms with Crippen molar-refractivity contribution in [3.05, 3.63) is 52.6 Å². The molecule has 8 heteroatoms. The van der Waals surface area contributed by atoms with Crippen LogP contribution in [0.25, 0.3) is 0 Å². The van der Waals surface area contributed by atoms with Gasteiger partial charge in [0, 0.05) is 19.3 Å². The third-order valence-corrected chi connectivity index (χ3v) is 6.59. The zero-order chi connectivity index (χ0) is 29.5. The fraction of sp³-hybridized carbons (Fsp3) is 0.500. The number of carbonyl (C=O) groups excluding carboxylic acids is 4. The van der Waals surface area contributed by atoms with E-state index in [1.54, 1.807) is 24.3 Å². The Labute approximate surface area is 236 Å². The Bertz CT molecular complexity index is 1150. The Morgan fingerprint density at radius 2 is 1.18 bits per heavy atom. The van der Waals surface area contributed by atoms with E-state index in [4.69, 9.17) is 9.47 Å². The van der Waals surface area contributed by atoms with Crippen molar-refractivity contribution in [2.24, 2.45) is 0 Å². The van der Waals surface area contributed by atoms with E-state index in [9.17, 15) is 29.4 Å². The molecule has 0 heterocycles. The molecule has 0 radical (unpaired) electrons. The zero-order valence-electron chi connectivity index (χ0n) is 23.9. The third-order valence-electron chi connectivity index (χ3n) is 6.59. The summed E-state index contributed by atoms with van der Waals surface area (Å²) in [6, 6.07) is 8.86. The molecule has 8 nitrogen and oxygen atoms in total. The van der Waals surface area contributed by atoms with Crippen LogP contribution in [0, 0.1) is 0 Å². The van der Waals surface area contributed by atoms with E-state index < -0.39 is 57.4 Å². The maximum absolute atomic E-state index is 13.6. The summed E-state index contributed by atoms with van der Waals surface area (Å²) in [5.41, 5.74) is -0.706. The average Bonchev–Trinajstić information content (AvgIpc) is 2.94. The van der Waals surface area contributed by atoms with E-state index in [0.29, 0.717) is 24.8 Å². The van der Waals surface area contributed by atoms with Crippen molar-refractivity contribution in [1.29, 1.82) is 0 Å². The quantitative estimate of drug-likeness (QED) is 0.0639. The minimum Gasteiger partial charge on any atom is -0.504 e. The van der Waals surface area contributed by atoms with Crippen molar-refractivity contribution in [2.75, 3.05) is 0 Å². The van der Waals surface area contributed by atoms with Gasteiger partial charge in [0.25, 0.3) is 0 Å². The Morgan fingerprint density at radius 3 is 1.73 bits per heavy atom. The topological polar surface area (TPSA) is 127 Å². The number of Topliss-reactive ketones (excluding diaryl/α,β-unsaturated/α-hetero) is 2. The van der Waals surface area contributed by atoms with Crippen molar-refractivity contribution >= 4 is 23.5 Å². The van der Waals surface area contributed by atoms with Gasteiger partial charge in [-0.1, -0.05) is 89.6 Å². The van der Waals surface area contributed by atoms with E-state index in [0.717, 1.165) is 38.5 Å². The van der Waals surface area contributed by atoms with Gasteiger partial charge in [0.2, 0.25) is 5.75 Å². The molecule has 0 spiro atoms. The van der Waals surface area contributed by atoms with E-state index in [1.165, 1.54) is 0 Å². The van der Waals surface area contributed by atoms with Crippen molar-refractivity contribution in [1.82, 2.24) is 0 Å². The van der Waals surface area contributed by atoms with Gasteiger partial charge in [0.1, 0.15) is 6.61 Å². The normalized spacial score (nSPS) is 10.8. The molecule has 0 atom stereocenters. The molecular formula is C32H42O8. The van der Waals surface area contributed by atoms with Gasteiger partial charge in [-0.15, -0.1) is 0 Å². The van der Waals surface area contributed by atoms with Gasteiger partial charge in [-0.3, -0.25) is 14.4 Å². The first kappa shape index (κ1) is 32.5. The maximum Gasteiger partial charge on any atom is 0.340 e. The van der Waals surface area contributed by atoms with Crippen LogP contribution in [0.15, 0.2) is 30.3 Å². The fourth-order valence-corrected chi connectivity index (χ4v) is 4.34. The van der Waals surface area contributed by atoms with E-state index in [-0.39, 0.29) is 25.9 Å². The second kappa shape index (κ2) is 17.1. The molecule has 0 aliphatic heterocycles. The smallest absolute Gasteiger partial charge is 0.340 e. The lowest BCUT2D eigenvalue weighted by Gasteiger charge is -2.20. The lowest BCUT2D eigenvalue weighted by molar-refractivity contribution is -0.134. The van der Waals surface area contributed by atoms with Crippen molar-refractivity contribution in [3.8, 4) is 17.2 Å². The van der Waals surface area contributed by atoms with Crippen molar-refractivity contribution in [2.45, 2.75) is 104 Å². The van der Waals surface area contributed by atoms with Gasteiger partial charge in [-0.05, 0) is 24.8 Å². The molecule has 0 fully saturated rings. The molecule has 2 rings (SSSR count). The number of phenolic OH excluding ortho intramolecular Hbond substituents is 2. The molecule has 0 aromatic heterocycles. The van der Waals surface area contributed by atoms with E-state index in [1.807, 2.05) is 26.8 Å². The summed E-state index contributed by atoms with van der Waals surface area (Å²) in [4.78, 5) is 53.2. The van der Waals surface area contributed by atoms with Gasteiger partial charge < -0.3 is 19.7 Å². The molecule has 0 amide bonds. The third kappa shape index (κ3) is 9.21. The van der Waals surface area contributed by atoms with Crippen LogP contribution < -0.4 is 4.74 Å². The number of esters is 2. The van der Waals surface area contributed by atoms with Crippen LogP contribution in [0.3, 0.4) is 0 Å². The predicted molar refractivity (Wildman–Crippen MR) is 152 cm³/mol. The van der Waals surface area contributed by atoms with Crippen LogP contribution >= 0.6 is 0 Å². The largest absolute Gasteiger partial charge is 0.504 e. The highest BCUT2D eigenvalue weighted by atomic mass is 16.5. The summed E-state index contributed by atoms with van der Waals surface area (Å²) >= 11 is 0. The highest BCUT2D eigenvalue weighted by Crippen LogP contribution is 2.46. The SMILES string of the molecule is CCCCCC(=O)Oc1c(O)c(O)c(C(=O)CCCCC)c(C(=O)OCc2ccccc2)c1C(=O)CCCCC. The number of ketones is 2. The second-order valence-electron chi connectivity index (χ2n) is 9.90. The summed E-state index contributed by atoms with van der Waals surface area (Å²) < 4.78 is 10.9. The lowest BCUT2D eigenvalue weighted by atomic mass is 9.89. The number of hydrogen-bond donors (Lipinski definition) is 2. The Hall–Kier alpha value is -3.68. The van der Waals surface area contributed by atoms with Gasteiger partial charge in [-0.25, -0.2) is 4.79 Å².